The normalized spacial score (nSPS) is 11.8. The lowest BCUT2D eigenvalue weighted by molar-refractivity contribution is -0.274. The van der Waals surface area contributed by atoms with Crippen LogP contribution in [0, 0.1) is 0 Å². The van der Waals surface area contributed by atoms with Crippen LogP contribution in [0.1, 0.15) is 11.8 Å². The minimum Gasteiger partial charge on any atom is -0.406 e. The number of ketones is 1. The van der Waals surface area contributed by atoms with Gasteiger partial charge < -0.3 is 4.74 Å². The van der Waals surface area contributed by atoms with E-state index in [1.54, 1.807) is 18.2 Å². The van der Waals surface area contributed by atoms with E-state index in [9.17, 15) is 18.0 Å². The van der Waals surface area contributed by atoms with Gasteiger partial charge in [-0.1, -0.05) is 0 Å². The summed E-state index contributed by atoms with van der Waals surface area (Å²) in [5.41, 5.74) is 0.789. The zero-order chi connectivity index (χ0) is 15.5. The zero-order valence-corrected chi connectivity index (χ0v) is 11.8. The molecule has 1 aromatic heterocycles. The summed E-state index contributed by atoms with van der Waals surface area (Å²) in [4.78, 5) is 12.7. The van der Waals surface area contributed by atoms with E-state index in [-0.39, 0.29) is 11.5 Å². The van der Waals surface area contributed by atoms with Crippen molar-refractivity contribution >= 4 is 23.2 Å². The van der Waals surface area contributed by atoms with Gasteiger partial charge in [-0.25, -0.2) is 0 Å². The van der Waals surface area contributed by atoms with E-state index in [4.69, 9.17) is 0 Å². The van der Waals surface area contributed by atoms with Gasteiger partial charge in [0.15, 0.2) is 5.78 Å². The molecular formula is C15H11F3O2S. The fourth-order valence-electron chi connectivity index (χ4n) is 1.62. The van der Waals surface area contributed by atoms with Crippen LogP contribution in [-0.2, 0) is 4.79 Å². The maximum Gasteiger partial charge on any atom is 0.573 e. The first-order chi connectivity index (χ1) is 9.83. The minimum atomic E-state index is -4.69. The first-order valence-corrected chi connectivity index (χ1v) is 6.80. The lowest BCUT2D eigenvalue weighted by atomic mass is 10.2. The summed E-state index contributed by atoms with van der Waals surface area (Å²) in [6, 6.07) is 9.36. The molecule has 0 N–H and O–H groups in total. The molecule has 0 aliphatic heterocycles. The standard InChI is InChI=1S/C15H11F3O2S/c1-10(19)2-7-13-8-9-14(21-13)11-3-5-12(6-4-11)20-15(16,17)18/h2-9H,1H3/b7-2+. The summed E-state index contributed by atoms with van der Waals surface area (Å²) < 4.78 is 40.0. The molecule has 1 heterocycles. The second-order valence-corrected chi connectivity index (χ2v) is 5.33. The molecule has 0 unspecified atom stereocenters. The van der Waals surface area contributed by atoms with Gasteiger partial charge in [-0.15, -0.1) is 24.5 Å². The summed E-state index contributed by atoms with van der Waals surface area (Å²) in [6.07, 6.45) is -1.51. The Labute approximate surface area is 123 Å². The molecule has 0 aliphatic rings. The van der Waals surface area contributed by atoms with E-state index in [1.807, 2.05) is 12.1 Å². The van der Waals surface area contributed by atoms with E-state index < -0.39 is 6.36 Å². The van der Waals surface area contributed by atoms with E-state index in [1.165, 1.54) is 36.5 Å². The fraction of sp³-hybridized carbons (Fsp3) is 0.133. The largest absolute Gasteiger partial charge is 0.573 e. The number of hydrogen-bond donors (Lipinski definition) is 0. The second kappa shape index (κ2) is 6.13. The number of allylic oxidation sites excluding steroid dienone is 1. The first kappa shape index (κ1) is 15.3. The number of halogens is 3. The van der Waals surface area contributed by atoms with Crippen molar-refractivity contribution in [2.75, 3.05) is 0 Å². The smallest absolute Gasteiger partial charge is 0.406 e. The van der Waals surface area contributed by atoms with Crippen molar-refractivity contribution < 1.29 is 22.7 Å². The van der Waals surface area contributed by atoms with E-state index >= 15 is 0 Å². The van der Waals surface area contributed by atoms with Gasteiger partial charge in [-0.2, -0.15) is 0 Å². The van der Waals surface area contributed by atoms with Gasteiger partial charge in [-0.05, 0) is 61.0 Å². The van der Waals surface area contributed by atoms with Crippen LogP contribution in [0.25, 0.3) is 16.5 Å². The first-order valence-electron chi connectivity index (χ1n) is 5.98. The summed E-state index contributed by atoms with van der Waals surface area (Å²) in [7, 11) is 0. The van der Waals surface area contributed by atoms with Gasteiger partial charge in [0.2, 0.25) is 0 Å². The number of carbonyl (C=O) groups excluding carboxylic acids is 1. The molecule has 0 radical (unpaired) electrons. The summed E-state index contributed by atoms with van der Waals surface area (Å²) in [5.74, 6) is -0.293. The molecule has 6 heteroatoms. The molecule has 0 aliphatic carbocycles. The molecule has 110 valence electrons. The van der Waals surface area contributed by atoms with Gasteiger partial charge >= 0.3 is 6.36 Å². The molecule has 0 fully saturated rings. The molecule has 2 aromatic rings. The molecule has 0 saturated heterocycles. The molecule has 1 aromatic carbocycles. The third kappa shape index (κ3) is 4.75. The molecule has 0 bridgehead atoms. The highest BCUT2D eigenvalue weighted by Crippen LogP contribution is 2.31. The highest BCUT2D eigenvalue weighted by atomic mass is 32.1. The SMILES string of the molecule is CC(=O)/C=C/c1ccc(-c2ccc(OC(F)(F)F)cc2)s1. The van der Waals surface area contributed by atoms with Crippen molar-refractivity contribution in [3.63, 3.8) is 0 Å². The molecule has 0 amide bonds. The molecule has 21 heavy (non-hydrogen) atoms. The predicted molar refractivity (Wildman–Crippen MR) is 76.2 cm³/mol. The van der Waals surface area contributed by atoms with E-state index in [0.29, 0.717) is 0 Å². The van der Waals surface area contributed by atoms with Crippen molar-refractivity contribution in [2.45, 2.75) is 13.3 Å². The molecule has 2 rings (SSSR count). The molecule has 0 saturated carbocycles. The van der Waals surface area contributed by atoms with E-state index in [2.05, 4.69) is 4.74 Å². The minimum absolute atomic E-state index is 0.0430. The lowest BCUT2D eigenvalue weighted by Crippen LogP contribution is -2.16. The van der Waals surface area contributed by atoms with Crippen molar-refractivity contribution in [3.8, 4) is 16.2 Å². The van der Waals surface area contributed by atoms with Gasteiger partial charge in [0.25, 0.3) is 0 Å². The Kier molecular flexibility index (Phi) is 4.47. The Morgan fingerprint density at radius 1 is 1.14 bits per heavy atom. The Morgan fingerprint density at radius 3 is 2.38 bits per heavy atom. The van der Waals surface area contributed by atoms with Crippen molar-refractivity contribution in [1.29, 1.82) is 0 Å². The maximum atomic E-state index is 12.1. The van der Waals surface area contributed by atoms with Gasteiger partial charge in [0, 0.05) is 9.75 Å². The quantitative estimate of drug-likeness (QED) is 0.749. The van der Waals surface area contributed by atoms with Crippen molar-refractivity contribution in [1.82, 2.24) is 0 Å². The van der Waals surface area contributed by atoms with Crippen LogP contribution in [0.3, 0.4) is 0 Å². The number of benzene rings is 1. The molecule has 0 spiro atoms. The van der Waals surface area contributed by atoms with Crippen LogP contribution in [-0.4, -0.2) is 12.1 Å². The number of hydrogen-bond acceptors (Lipinski definition) is 3. The molecule has 2 nitrogen and oxygen atoms in total. The average Bonchev–Trinajstić information content (AvgIpc) is 2.84. The summed E-state index contributed by atoms with van der Waals surface area (Å²) in [5, 5.41) is 0. The van der Waals surface area contributed by atoms with Crippen LogP contribution in [0.5, 0.6) is 5.75 Å². The molecule has 0 atom stereocenters. The Morgan fingerprint density at radius 2 is 1.81 bits per heavy atom. The monoisotopic (exact) mass is 312 g/mol. The van der Waals surface area contributed by atoms with Crippen LogP contribution < -0.4 is 4.74 Å². The third-order valence-corrected chi connectivity index (χ3v) is 3.58. The summed E-state index contributed by atoms with van der Waals surface area (Å²) in [6.45, 7) is 1.46. The Hall–Kier alpha value is -2.08. The number of carbonyl (C=O) groups is 1. The fourth-order valence-corrected chi connectivity index (χ4v) is 2.53. The number of rotatable bonds is 4. The Bertz CT molecular complexity index is 654. The van der Waals surface area contributed by atoms with Crippen LogP contribution in [0.2, 0.25) is 0 Å². The van der Waals surface area contributed by atoms with Crippen molar-refractivity contribution in [2.24, 2.45) is 0 Å². The maximum absolute atomic E-state index is 12.1. The van der Waals surface area contributed by atoms with Gasteiger partial charge in [0.1, 0.15) is 5.75 Å². The van der Waals surface area contributed by atoms with Gasteiger partial charge in [0.05, 0.1) is 0 Å². The topological polar surface area (TPSA) is 26.3 Å². The second-order valence-electron chi connectivity index (χ2n) is 4.22. The van der Waals surface area contributed by atoms with E-state index in [0.717, 1.165) is 15.3 Å². The zero-order valence-electron chi connectivity index (χ0n) is 11.0. The lowest BCUT2D eigenvalue weighted by Gasteiger charge is -2.08. The van der Waals surface area contributed by atoms with Crippen LogP contribution in [0.4, 0.5) is 13.2 Å². The third-order valence-electron chi connectivity index (χ3n) is 2.48. The number of thiophene rings is 1. The average molecular weight is 312 g/mol. The predicted octanol–water partition coefficient (Wildman–Crippen LogP) is 4.92. The van der Waals surface area contributed by atoms with Crippen LogP contribution in [0.15, 0.2) is 42.5 Å². The number of ether oxygens (including phenoxy) is 1. The summed E-state index contributed by atoms with van der Waals surface area (Å²) >= 11 is 1.44. The highest BCUT2D eigenvalue weighted by Gasteiger charge is 2.30. The van der Waals surface area contributed by atoms with Gasteiger partial charge in [-0.3, -0.25) is 4.79 Å². The number of alkyl halides is 3. The molecular weight excluding hydrogens is 301 g/mol. The van der Waals surface area contributed by atoms with Crippen LogP contribution >= 0.6 is 11.3 Å². The Balaban J connectivity index is 2.14. The van der Waals surface area contributed by atoms with Crippen molar-refractivity contribution in [3.05, 3.63) is 47.4 Å². The highest BCUT2D eigenvalue weighted by molar-refractivity contribution is 7.16.